The van der Waals surface area contributed by atoms with E-state index in [4.69, 9.17) is 10.8 Å². The molecule has 0 aliphatic rings. The smallest absolute Gasteiger partial charge is 0.326 e. The molecule has 4 atom stereocenters. The Bertz CT molecular complexity index is 958. The fourth-order valence-electron chi connectivity index (χ4n) is 2.98. The van der Waals surface area contributed by atoms with Gasteiger partial charge in [0.1, 0.15) is 24.2 Å². The minimum absolute atomic E-state index is 0.0416. The summed E-state index contributed by atoms with van der Waals surface area (Å²) in [5, 5.41) is 25.9. The van der Waals surface area contributed by atoms with Crippen molar-refractivity contribution >= 4 is 36.3 Å². The van der Waals surface area contributed by atoms with Gasteiger partial charge in [-0.25, -0.2) is 9.78 Å². The number of H-pyrrole nitrogens is 1. The van der Waals surface area contributed by atoms with Gasteiger partial charge in [0.2, 0.25) is 17.7 Å². The summed E-state index contributed by atoms with van der Waals surface area (Å²) in [6.07, 6.45) is 2.87. The molecular formula is C21H28N6O6S. The van der Waals surface area contributed by atoms with Gasteiger partial charge in [0.15, 0.2) is 0 Å². The first-order chi connectivity index (χ1) is 16.2. The van der Waals surface area contributed by atoms with Gasteiger partial charge in [0.25, 0.3) is 0 Å². The number of thiol groups is 1. The number of aliphatic carboxylic acids is 1. The second-order valence-electron chi connectivity index (χ2n) is 7.46. The summed E-state index contributed by atoms with van der Waals surface area (Å²) in [6.45, 7) is -0.611. The molecule has 12 nitrogen and oxygen atoms in total. The van der Waals surface area contributed by atoms with Gasteiger partial charge in [-0.15, -0.1) is 0 Å². The number of nitrogens with two attached hydrogens (primary N) is 1. The topological polar surface area (TPSA) is 200 Å². The zero-order valence-corrected chi connectivity index (χ0v) is 19.1. The first-order valence-electron chi connectivity index (χ1n) is 10.4. The number of aromatic amines is 1. The number of rotatable bonds is 13. The average molecular weight is 493 g/mol. The van der Waals surface area contributed by atoms with Crippen LogP contribution in [-0.2, 0) is 32.0 Å². The third kappa shape index (κ3) is 8.17. The highest BCUT2D eigenvalue weighted by Crippen LogP contribution is 2.06. The number of carbonyl (C=O) groups is 4. The van der Waals surface area contributed by atoms with Crippen LogP contribution in [-0.4, -0.2) is 80.4 Å². The number of hydrogen-bond donors (Lipinski definition) is 8. The number of aliphatic hydroxyl groups excluding tert-OH is 1. The van der Waals surface area contributed by atoms with Crippen molar-refractivity contribution in [1.29, 1.82) is 0 Å². The molecule has 0 saturated heterocycles. The molecule has 1 aromatic carbocycles. The second kappa shape index (κ2) is 13.3. The lowest BCUT2D eigenvalue weighted by molar-refractivity contribution is -0.142. The van der Waals surface area contributed by atoms with E-state index in [1.165, 1.54) is 12.5 Å². The largest absolute Gasteiger partial charge is 0.480 e. The van der Waals surface area contributed by atoms with E-state index in [-0.39, 0.29) is 18.6 Å². The maximum Gasteiger partial charge on any atom is 0.326 e. The zero-order chi connectivity index (χ0) is 25.1. The number of aliphatic hydroxyl groups is 1. The molecular weight excluding hydrogens is 464 g/mol. The van der Waals surface area contributed by atoms with Crippen molar-refractivity contribution < 1.29 is 29.4 Å². The van der Waals surface area contributed by atoms with Crippen molar-refractivity contribution in [3.63, 3.8) is 0 Å². The van der Waals surface area contributed by atoms with Crippen molar-refractivity contribution in [3.8, 4) is 0 Å². The molecule has 0 aliphatic carbocycles. The van der Waals surface area contributed by atoms with Gasteiger partial charge >= 0.3 is 5.97 Å². The predicted octanol–water partition coefficient (Wildman–Crippen LogP) is -2.02. The Morgan fingerprint density at radius 2 is 1.59 bits per heavy atom. The van der Waals surface area contributed by atoms with Crippen molar-refractivity contribution in [3.05, 3.63) is 54.1 Å². The number of carboxylic acids is 1. The number of amides is 3. The lowest BCUT2D eigenvalue weighted by atomic mass is 10.0. The van der Waals surface area contributed by atoms with Crippen molar-refractivity contribution in [2.45, 2.75) is 37.0 Å². The van der Waals surface area contributed by atoms with E-state index >= 15 is 0 Å². The molecule has 2 aromatic rings. The summed E-state index contributed by atoms with van der Waals surface area (Å²) in [7, 11) is 0. The molecule has 0 bridgehead atoms. The maximum absolute atomic E-state index is 13.0. The summed E-state index contributed by atoms with van der Waals surface area (Å²) in [4.78, 5) is 56.0. The van der Waals surface area contributed by atoms with Gasteiger partial charge in [-0.2, -0.15) is 12.6 Å². The Hall–Kier alpha value is -3.42. The van der Waals surface area contributed by atoms with Crippen LogP contribution >= 0.6 is 12.6 Å². The van der Waals surface area contributed by atoms with Gasteiger partial charge in [-0.1, -0.05) is 30.3 Å². The number of carbonyl (C=O) groups excluding carboxylic acids is 3. The van der Waals surface area contributed by atoms with Crippen LogP contribution in [0, 0.1) is 0 Å². The maximum atomic E-state index is 13.0. The van der Waals surface area contributed by atoms with Crippen LogP contribution in [0.3, 0.4) is 0 Å². The molecule has 0 aliphatic heterocycles. The number of imidazole rings is 1. The highest BCUT2D eigenvalue weighted by molar-refractivity contribution is 7.80. The minimum atomic E-state index is -1.27. The van der Waals surface area contributed by atoms with E-state index in [0.717, 1.165) is 5.56 Å². The molecule has 3 amide bonds. The Labute approximate surface area is 201 Å². The lowest BCUT2D eigenvalue weighted by Crippen LogP contribution is -2.58. The molecule has 1 heterocycles. The fourth-order valence-corrected chi connectivity index (χ4v) is 3.23. The highest BCUT2D eigenvalue weighted by atomic mass is 32.1. The molecule has 184 valence electrons. The molecule has 13 heteroatoms. The first-order valence-corrected chi connectivity index (χ1v) is 11.0. The minimum Gasteiger partial charge on any atom is -0.480 e. The van der Waals surface area contributed by atoms with Crippen LogP contribution in [0.2, 0.25) is 0 Å². The normalized spacial score (nSPS) is 14.3. The number of hydrogen-bond acceptors (Lipinski definition) is 8. The molecule has 2 rings (SSSR count). The van der Waals surface area contributed by atoms with Crippen LogP contribution in [0.1, 0.15) is 11.3 Å². The molecule has 8 N–H and O–H groups in total. The Morgan fingerprint density at radius 1 is 0.971 bits per heavy atom. The van der Waals surface area contributed by atoms with Gasteiger partial charge in [-0.05, 0) is 5.56 Å². The number of nitrogens with zero attached hydrogens (tertiary/aromatic N) is 1. The Morgan fingerprint density at radius 3 is 2.15 bits per heavy atom. The third-order valence-corrected chi connectivity index (χ3v) is 5.22. The molecule has 0 spiro atoms. The molecule has 0 fully saturated rings. The Kier molecular flexibility index (Phi) is 10.5. The van der Waals surface area contributed by atoms with Crippen LogP contribution in [0.4, 0.5) is 0 Å². The molecule has 4 unspecified atom stereocenters. The quantitative estimate of drug-likeness (QED) is 0.146. The van der Waals surface area contributed by atoms with E-state index < -0.39 is 54.5 Å². The van der Waals surface area contributed by atoms with Crippen LogP contribution in [0.25, 0.3) is 0 Å². The third-order valence-electron chi connectivity index (χ3n) is 4.86. The molecule has 0 saturated carbocycles. The van der Waals surface area contributed by atoms with Gasteiger partial charge in [0.05, 0.1) is 12.9 Å². The van der Waals surface area contributed by atoms with Gasteiger partial charge < -0.3 is 36.9 Å². The summed E-state index contributed by atoms with van der Waals surface area (Å²) >= 11 is 4.10. The number of aromatic nitrogens is 2. The predicted molar refractivity (Wildman–Crippen MR) is 125 cm³/mol. The summed E-state index contributed by atoms with van der Waals surface area (Å²) < 4.78 is 0. The fraction of sp³-hybridized carbons (Fsp3) is 0.381. The second-order valence-corrected chi connectivity index (χ2v) is 7.83. The van der Waals surface area contributed by atoms with Crippen molar-refractivity contribution in [2.24, 2.45) is 5.73 Å². The molecule has 34 heavy (non-hydrogen) atoms. The highest BCUT2D eigenvalue weighted by Gasteiger charge is 2.30. The monoisotopic (exact) mass is 492 g/mol. The van der Waals surface area contributed by atoms with E-state index in [0.29, 0.717) is 5.69 Å². The summed E-state index contributed by atoms with van der Waals surface area (Å²) in [5.41, 5.74) is 6.78. The molecule has 1 aromatic heterocycles. The standard InChI is InChI=1S/C21H28N6O6S/c22-14(9-28)18(29)25-15(6-12-4-2-1-3-5-12)19(30)27-17(10-34)20(31)26-16(21(32)33)7-13-8-23-11-24-13/h1-5,8,11,14-17,28,34H,6-7,9-10,22H2,(H,23,24)(H,25,29)(H,26,31)(H,27,30)(H,32,33). The van der Waals surface area contributed by atoms with E-state index in [2.05, 4.69) is 38.5 Å². The number of benzene rings is 1. The van der Waals surface area contributed by atoms with Crippen molar-refractivity contribution in [1.82, 2.24) is 25.9 Å². The SMILES string of the molecule is NC(CO)C(=O)NC(Cc1ccccc1)C(=O)NC(CS)C(=O)NC(Cc1cnc[nH]1)C(=O)O. The van der Waals surface area contributed by atoms with Gasteiger partial charge in [0, 0.05) is 30.5 Å². The average Bonchev–Trinajstić information content (AvgIpc) is 3.34. The first kappa shape index (κ1) is 26.8. The summed E-state index contributed by atoms with van der Waals surface area (Å²) in [5.74, 6) is -3.59. The van der Waals surface area contributed by atoms with Crippen molar-refractivity contribution in [2.75, 3.05) is 12.4 Å². The van der Waals surface area contributed by atoms with Crippen LogP contribution in [0.15, 0.2) is 42.9 Å². The van der Waals surface area contributed by atoms with E-state index in [1.54, 1.807) is 30.3 Å². The lowest BCUT2D eigenvalue weighted by Gasteiger charge is -2.24. The van der Waals surface area contributed by atoms with Gasteiger partial charge in [-0.3, -0.25) is 14.4 Å². The van der Waals surface area contributed by atoms with E-state index in [1.807, 2.05) is 0 Å². The number of nitrogens with one attached hydrogen (secondary N) is 4. The van der Waals surface area contributed by atoms with Crippen LogP contribution < -0.4 is 21.7 Å². The molecule has 0 radical (unpaired) electrons. The van der Waals surface area contributed by atoms with Crippen LogP contribution in [0.5, 0.6) is 0 Å². The van der Waals surface area contributed by atoms with E-state index in [9.17, 15) is 24.3 Å². The zero-order valence-electron chi connectivity index (χ0n) is 18.2. The summed E-state index contributed by atoms with van der Waals surface area (Å²) in [6, 6.07) is 4.06. The Balaban J connectivity index is 2.10. The number of carboxylic acid groups (broad SMARTS) is 1.